The molecule has 0 saturated heterocycles. The second-order valence-electron chi connectivity index (χ2n) is 7.52. The Labute approximate surface area is 180 Å². The summed E-state index contributed by atoms with van der Waals surface area (Å²) in [6.45, 7) is 7.00. The molecule has 1 aromatic heterocycles. The van der Waals surface area contributed by atoms with Crippen LogP contribution in [0, 0.1) is 19.3 Å². The second-order valence-corrected chi connectivity index (χ2v) is 8.56. The van der Waals surface area contributed by atoms with Crippen LogP contribution in [0.2, 0.25) is 0 Å². The molecule has 0 bridgehead atoms. The van der Waals surface area contributed by atoms with E-state index in [0.29, 0.717) is 5.17 Å². The van der Waals surface area contributed by atoms with Crippen molar-refractivity contribution in [3.8, 4) is 0 Å². The van der Waals surface area contributed by atoms with Gasteiger partial charge >= 0.3 is 0 Å². The number of amidine groups is 2. The summed E-state index contributed by atoms with van der Waals surface area (Å²) in [7, 11) is 0. The van der Waals surface area contributed by atoms with E-state index in [1.54, 1.807) is 6.08 Å². The van der Waals surface area contributed by atoms with Gasteiger partial charge in [0.2, 0.25) is 5.17 Å². The molecule has 2 aromatic rings. The predicted octanol–water partition coefficient (Wildman–Crippen LogP) is 4.96. The van der Waals surface area contributed by atoms with Crippen LogP contribution in [-0.4, -0.2) is 31.5 Å². The molecule has 4 rings (SSSR count). The van der Waals surface area contributed by atoms with Gasteiger partial charge in [-0.15, -0.1) is 0 Å². The molecule has 2 aliphatic rings. The predicted molar refractivity (Wildman–Crippen MR) is 124 cm³/mol. The van der Waals surface area contributed by atoms with Gasteiger partial charge in [0, 0.05) is 17.9 Å². The number of nitrogens with zero attached hydrogens (tertiary/aromatic N) is 4. The van der Waals surface area contributed by atoms with Gasteiger partial charge in [-0.2, -0.15) is 15.1 Å². The van der Waals surface area contributed by atoms with Gasteiger partial charge in [-0.1, -0.05) is 43.7 Å². The maximum Gasteiger partial charge on any atom is 0.283 e. The van der Waals surface area contributed by atoms with E-state index in [9.17, 15) is 4.79 Å². The number of hydrazone groups is 1. The number of aryl methyl sites for hydroxylation is 1. The van der Waals surface area contributed by atoms with E-state index in [2.05, 4.69) is 46.7 Å². The molecular formula is C23H25N5OS. The number of aromatic nitrogens is 1. The second kappa shape index (κ2) is 8.44. The van der Waals surface area contributed by atoms with Crippen molar-refractivity contribution in [2.45, 2.75) is 46.6 Å². The third kappa shape index (κ3) is 3.89. The number of nitrogens with one attached hydrogen (secondary N) is 1. The van der Waals surface area contributed by atoms with Gasteiger partial charge in [-0.05, 0) is 61.7 Å². The number of aliphatic imine (C=N–C) groups is 1. The first kappa shape index (κ1) is 20.3. The van der Waals surface area contributed by atoms with Crippen LogP contribution in [-0.2, 0) is 11.3 Å². The lowest BCUT2D eigenvalue weighted by Crippen LogP contribution is -2.35. The molecule has 0 fully saturated rings. The van der Waals surface area contributed by atoms with Crippen LogP contribution in [0.25, 0.3) is 6.08 Å². The van der Waals surface area contributed by atoms with E-state index < -0.39 is 0 Å². The minimum atomic E-state index is -0.376. The largest absolute Gasteiger partial charge is 0.344 e. The molecular weight excluding hydrogens is 394 g/mol. The molecule has 0 unspecified atom stereocenters. The van der Waals surface area contributed by atoms with Gasteiger partial charge in [0.15, 0.2) is 5.84 Å². The summed E-state index contributed by atoms with van der Waals surface area (Å²) in [5.74, 6) is -0.282. The number of rotatable bonds is 6. The van der Waals surface area contributed by atoms with Crippen LogP contribution < -0.4 is 0 Å². The van der Waals surface area contributed by atoms with E-state index >= 15 is 0 Å². The van der Waals surface area contributed by atoms with Crippen LogP contribution >= 0.6 is 11.8 Å². The van der Waals surface area contributed by atoms with Crippen LogP contribution in [0.1, 0.15) is 48.7 Å². The molecule has 1 amide bonds. The fourth-order valence-electron chi connectivity index (χ4n) is 3.60. The Kier molecular flexibility index (Phi) is 5.72. The van der Waals surface area contributed by atoms with Crippen molar-refractivity contribution < 1.29 is 4.79 Å². The highest BCUT2D eigenvalue weighted by Gasteiger charge is 2.35. The summed E-state index contributed by atoms with van der Waals surface area (Å²) < 4.78 is 2.22. The Bertz CT molecular complexity index is 1090. The lowest BCUT2D eigenvalue weighted by molar-refractivity contribution is -0.114. The van der Waals surface area contributed by atoms with Gasteiger partial charge in [-0.25, -0.2) is 0 Å². The van der Waals surface area contributed by atoms with Gasteiger partial charge in [0.05, 0.1) is 5.57 Å². The third-order valence-electron chi connectivity index (χ3n) is 5.34. The van der Waals surface area contributed by atoms with Crippen LogP contribution in [0.5, 0.6) is 0 Å². The zero-order chi connectivity index (χ0) is 21.3. The number of carbonyl (C=O) groups is 1. The smallest absolute Gasteiger partial charge is 0.283 e. The monoisotopic (exact) mass is 419 g/mol. The fraction of sp³-hybridized carbons (Fsp3) is 0.304. The van der Waals surface area contributed by atoms with Crippen LogP contribution in [0.15, 0.2) is 52.1 Å². The zero-order valence-corrected chi connectivity index (χ0v) is 18.3. The van der Waals surface area contributed by atoms with Gasteiger partial charge < -0.3 is 4.57 Å². The van der Waals surface area contributed by atoms with Crippen molar-refractivity contribution >= 4 is 39.8 Å². The standard InChI is InChI=1S/C23H25N5OS/c1-4-5-11-20-26-28-21(24)19(22(29)25-23(28)30-20)13-18-12-15(2)27(16(18)3)14-17-9-7-6-8-10-17/h6-10,12-13,24H,4-5,11,14H2,1-3H3/b19-13+,24-21?. The Morgan fingerprint density at radius 3 is 2.70 bits per heavy atom. The first-order valence-electron chi connectivity index (χ1n) is 10.2. The molecule has 154 valence electrons. The number of fused-ring (bicyclic) bond motifs is 1. The molecule has 0 spiro atoms. The molecule has 30 heavy (non-hydrogen) atoms. The normalized spacial score (nSPS) is 17.4. The molecule has 2 aliphatic heterocycles. The number of benzene rings is 1. The van der Waals surface area contributed by atoms with Crippen LogP contribution in [0.3, 0.4) is 0 Å². The average Bonchev–Trinajstić information content (AvgIpc) is 3.26. The quantitative estimate of drug-likeness (QED) is 0.672. The fourth-order valence-corrected chi connectivity index (χ4v) is 4.53. The van der Waals surface area contributed by atoms with E-state index in [1.165, 1.54) is 22.3 Å². The van der Waals surface area contributed by atoms with E-state index in [0.717, 1.165) is 47.8 Å². The first-order chi connectivity index (χ1) is 14.5. The molecule has 3 heterocycles. The summed E-state index contributed by atoms with van der Waals surface area (Å²) >= 11 is 1.39. The van der Waals surface area contributed by atoms with Crippen molar-refractivity contribution in [1.82, 2.24) is 9.58 Å². The summed E-state index contributed by atoms with van der Waals surface area (Å²) in [5, 5.41) is 16.0. The number of amides is 1. The lowest BCUT2D eigenvalue weighted by Gasteiger charge is -2.20. The Hall–Kier alpha value is -2.93. The molecule has 0 atom stereocenters. The maximum absolute atomic E-state index is 12.7. The van der Waals surface area contributed by atoms with Gasteiger partial charge in [-0.3, -0.25) is 10.2 Å². The van der Waals surface area contributed by atoms with Crippen molar-refractivity contribution in [3.05, 3.63) is 64.5 Å². The summed E-state index contributed by atoms with van der Waals surface area (Å²) in [6.07, 6.45) is 4.73. The molecule has 7 heteroatoms. The Morgan fingerprint density at radius 1 is 1.20 bits per heavy atom. The zero-order valence-electron chi connectivity index (χ0n) is 17.5. The highest BCUT2D eigenvalue weighted by Crippen LogP contribution is 2.30. The van der Waals surface area contributed by atoms with Crippen LogP contribution in [0.4, 0.5) is 0 Å². The number of hydrogen-bond acceptors (Lipinski definition) is 4. The minimum Gasteiger partial charge on any atom is -0.344 e. The van der Waals surface area contributed by atoms with E-state index in [-0.39, 0.29) is 17.3 Å². The maximum atomic E-state index is 12.7. The summed E-state index contributed by atoms with van der Waals surface area (Å²) in [4.78, 5) is 16.9. The minimum absolute atomic E-state index is 0.0943. The third-order valence-corrected chi connectivity index (χ3v) is 6.30. The topological polar surface area (TPSA) is 73.8 Å². The number of unbranched alkanes of at least 4 members (excludes halogenated alkanes) is 1. The highest BCUT2D eigenvalue weighted by atomic mass is 32.2. The first-order valence-corrected chi connectivity index (χ1v) is 11.0. The lowest BCUT2D eigenvalue weighted by atomic mass is 10.1. The van der Waals surface area contributed by atoms with Gasteiger partial charge in [0.25, 0.3) is 5.91 Å². The molecule has 0 radical (unpaired) electrons. The molecule has 6 nitrogen and oxygen atoms in total. The van der Waals surface area contributed by atoms with Crippen molar-refractivity contribution in [2.24, 2.45) is 10.1 Å². The Balaban J connectivity index is 1.62. The molecule has 0 saturated carbocycles. The van der Waals surface area contributed by atoms with Crippen molar-refractivity contribution in [3.63, 3.8) is 0 Å². The number of thioether (sulfide) groups is 1. The highest BCUT2D eigenvalue weighted by molar-refractivity contribution is 8.26. The van der Waals surface area contributed by atoms with E-state index in [1.807, 2.05) is 25.1 Å². The average molecular weight is 420 g/mol. The SMILES string of the molecule is CCCCC1=NN2C(=N)/C(=C\c3cc(C)n(Cc4ccccc4)c3C)C(=O)N=C2S1. The number of carbonyl (C=O) groups excluding carboxylic acids is 1. The van der Waals surface area contributed by atoms with Gasteiger partial charge in [0.1, 0.15) is 5.04 Å². The number of hydrogen-bond donors (Lipinski definition) is 1. The molecule has 0 aliphatic carbocycles. The van der Waals surface area contributed by atoms with Crippen molar-refractivity contribution in [1.29, 1.82) is 5.41 Å². The Morgan fingerprint density at radius 2 is 1.97 bits per heavy atom. The van der Waals surface area contributed by atoms with E-state index in [4.69, 9.17) is 5.41 Å². The van der Waals surface area contributed by atoms with Crippen molar-refractivity contribution in [2.75, 3.05) is 0 Å². The summed E-state index contributed by atoms with van der Waals surface area (Å²) in [5.41, 5.74) is 4.59. The molecule has 1 N–H and O–H groups in total. The summed E-state index contributed by atoms with van der Waals surface area (Å²) in [6, 6.07) is 12.3. The molecule has 1 aromatic carbocycles.